The molecule has 0 aliphatic carbocycles. The molecule has 0 saturated carbocycles. The second-order valence-corrected chi connectivity index (χ2v) is 6.29. The van der Waals surface area contributed by atoms with Crippen LogP contribution in [-0.2, 0) is 0 Å². The Bertz CT molecular complexity index is 1250. The van der Waals surface area contributed by atoms with Gasteiger partial charge in [0.25, 0.3) is 5.91 Å². The predicted molar refractivity (Wildman–Crippen MR) is 101 cm³/mol. The molecule has 31 heavy (non-hydrogen) atoms. The van der Waals surface area contributed by atoms with Crippen molar-refractivity contribution < 1.29 is 26.7 Å². The van der Waals surface area contributed by atoms with Crippen LogP contribution in [0.3, 0.4) is 0 Å². The molecule has 0 bridgehead atoms. The number of nitrogens with one attached hydrogen (secondary N) is 1. The molecule has 1 amide bonds. The number of halogens is 5. The number of amides is 1. The van der Waals surface area contributed by atoms with E-state index >= 15 is 0 Å². The maximum absolute atomic E-state index is 14.3. The molecule has 0 spiro atoms. The monoisotopic (exact) mass is 430 g/mol. The summed E-state index contributed by atoms with van der Waals surface area (Å²) in [6.45, 7) is 0. The molecule has 1 aromatic heterocycles. The van der Waals surface area contributed by atoms with Crippen molar-refractivity contribution in [2.75, 3.05) is 5.32 Å². The van der Waals surface area contributed by atoms with Gasteiger partial charge in [0.2, 0.25) is 5.82 Å². The Labute approximate surface area is 171 Å². The minimum atomic E-state index is -2.30. The second-order valence-electron chi connectivity index (χ2n) is 6.29. The number of hydrogen-bond donors (Lipinski definition) is 1. The Morgan fingerprint density at radius 3 is 1.81 bits per heavy atom. The van der Waals surface area contributed by atoms with Gasteiger partial charge in [-0.2, -0.15) is 0 Å². The summed E-state index contributed by atoms with van der Waals surface area (Å²) in [7, 11) is 0. The number of carbonyl (C=O) groups is 1. The van der Waals surface area contributed by atoms with E-state index in [2.05, 4.69) is 15.5 Å². The van der Waals surface area contributed by atoms with E-state index in [9.17, 15) is 26.7 Å². The summed E-state index contributed by atoms with van der Waals surface area (Å²) in [4.78, 5) is 12.8. The Kier molecular flexibility index (Phi) is 5.20. The van der Waals surface area contributed by atoms with Gasteiger partial charge in [0.05, 0.1) is 0 Å². The Balaban J connectivity index is 1.87. The Morgan fingerprint density at radius 1 is 0.710 bits per heavy atom. The summed E-state index contributed by atoms with van der Waals surface area (Å²) in [6, 6.07) is 16.1. The van der Waals surface area contributed by atoms with Crippen molar-refractivity contribution >= 4 is 11.7 Å². The summed E-state index contributed by atoms with van der Waals surface area (Å²) in [5, 5.41) is 10.1. The summed E-state index contributed by atoms with van der Waals surface area (Å²) < 4.78 is 69.2. The number of rotatable bonds is 4. The van der Waals surface area contributed by atoms with Gasteiger partial charge in [-0.25, -0.2) is 22.0 Å². The highest BCUT2D eigenvalue weighted by molar-refractivity contribution is 6.05. The van der Waals surface area contributed by atoms with Crippen LogP contribution >= 0.6 is 0 Å². The molecule has 10 heteroatoms. The molecule has 3 aromatic carbocycles. The van der Waals surface area contributed by atoms with Crippen LogP contribution in [0.4, 0.5) is 27.8 Å². The lowest BCUT2D eigenvalue weighted by molar-refractivity contribution is 0.102. The number of aromatic nitrogens is 3. The van der Waals surface area contributed by atoms with Gasteiger partial charge in [-0.3, -0.25) is 4.79 Å². The highest BCUT2D eigenvalue weighted by atomic mass is 19.2. The van der Waals surface area contributed by atoms with E-state index in [1.807, 2.05) is 0 Å². The molecule has 0 aliphatic heterocycles. The van der Waals surface area contributed by atoms with Crippen molar-refractivity contribution in [3.63, 3.8) is 0 Å². The second kappa shape index (κ2) is 7.98. The minimum absolute atomic E-state index is 0.0335. The van der Waals surface area contributed by atoms with Gasteiger partial charge in [-0.1, -0.05) is 48.5 Å². The zero-order valence-corrected chi connectivity index (χ0v) is 15.4. The fourth-order valence-corrected chi connectivity index (χ4v) is 2.82. The lowest BCUT2D eigenvalue weighted by Gasteiger charge is -2.06. The summed E-state index contributed by atoms with van der Waals surface area (Å²) in [6.07, 6.45) is 0. The zero-order valence-electron chi connectivity index (χ0n) is 15.4. The van der Waals surface area contributed by atoms with Crippen LogP contribution in [0.15, 0.2) is 60.7 Å². The molecule has 0 aliphatic rings. The number of benzene rings is 3. The zero-order chi connectivity index (χ0) is 22.1. The van der Waals surface area contributed by atoms with Gasteiger partial charge in [0.15, 0.2) is 34.8 Å². The molecular formula is C21H11F5N4O. The quantitative estimate of drug-likeness (QED) is 0.285. The average Bonchev–Trinajstić information content (AvgIpc) is 3.20. The van der Waals surface area contributed by atoms with Crippen molar-refractivity contribution in [1.29, 1.82) is 0 Å². The first-order valence-corrected chi connectivity index (χ1v) is 8.79. The van der Waals surface area contributed by atoms with Crippen molar-refractivity contribution in [2.24, 2.45) is 0 Å². The molecule has 4 aromatic rings. The highest BCUT2D eigenvalue weighted by Gasteiger charge is 2.29. The van der Waals surface area contributed by atoms with Gasteiger partial charge >= 0.3 is 0 Å². The molecule has 5 nitrogen and oxygen atoms in total. The third kappa shape index (κ3) is 3.63. The van der Waals surface area contributed by atoms with E-state index in [4.69, 9.17) is 0 Å². The molecule has 0 fully saturated rings. The minimum Gasteiger partial charge on any atom is -0.303 e. The third-order valence-electron chi connectivity index (χ3n) is 4.32. The fourth-order valence-electron chi connectivity index (χ4n) is 2.82. The number of hydrogen-bond acceptors (Lipinski definition) is 3. The van der Waals surface area contributed by atoms with Crippen LogP contribution in [0.5, 0.6) is 0 Å². The molecule has 1 N–H and O–H groups in total. The van der Waals surface area contributed by atoms with Crippen molar-refractivity contribution in [2.45, 2.75) is 0 Å². The molecule has 0 unspecified atom stereocenters. The molecule has 0 radical (unpaired) electrons. The summed E-state index contributed by atoms with van der Waals surface area (Å²) in [5.41, 5.74) is -0.754. The van der Waals surface area contributed by atoms with Crippen LogP contribution < -0.4 is 5.32 Å². The lowest BCUT2D eigenvalue weighted by Crippen LogP contribution is -2.14. The van der Waals surface area contributed by atoms with Crippen LogP contribution in [0.25, 0.3) is 16.9 Å². The number of anilines is 1. The van der Waals surface area contributed by atoms with Gasteiger partial charge in [-0.05, 0) is 12.1 Å². The van der Waals surface area contributed by atoms with Crippen molar-refractivity contribution in [1.82, 2.24) is 15.0 Å². The smallest absolute Gasteiger partial charge is 0.256 e. The maximum atomic E-state index is 14.3. The molecule has 156 valence electrons. The SMILES string of the molecule is O=C(Nc1nn(-c2c(F)c(F)c(F)c(F)c2F)nc1-c1ccccc1)c1ccccc1. The van der Waals surface area contributed by atoms with Gasteiger partial charge in [0, 0.05) is 11.1 Å². The Hall–Kier alpha value is -4.08. The summed E-state index contributed by atoms with van der Waals surface area (Å²) >= 11 is 0. The first-order valence-electron chi connectivity index (χ1n) is 8.79. The molecular weight excluding hydrogens is 419 g/mol. The molecule has 0 saturated heterocycles. The predicted octanol–water partition coefficient (Wildman–Crippen LogP) is 4.88. The molecule has 1 heterocycles. The first-order chi connectivity index (χ1) is 14.9. The average molecular weight is 430 g/mol. The Morgan fingerprint density at radius 2 is 1.23 bits per heavy atom. The van der Waals surface area contributed by atoms with Crippen LogP contribution in [0.2, 0.25) is 0 Å². The fraction of sp³-hybridized carbons (Fsp3) is 0. The highest BCUT2D eigenvalue weighted by Crippen LogP contribution is 2.29. The van der Waals surface area contributed by atoms with Crippen LogP contribution in [0, 0.1) is 29.1 Å². The third-order valence-corrected chi connectivity index (χ3v) is 4.32. The van der Waals surface area contributed by atoms with E-state index in [1.54, 1.807) is 48.5 Å². The topological polar surface area (TPSA) is 59.8 Å². The van der Waals surface area contributed by atoms with E-state index < -0.39 is 40.7 Å². The van der Waals surface area contributed by atoms with Gasteiger partial charge < -0.3 is 5.32 Å². The van der Waals surface area contributed by atoms with Crippen LogP contribution in [0.1, 0.15) is 10.4 Å². The van der Waals surface area contributed by atoms with Crippen molar-refractivity contribution in [3.8, 4) is 16.9 Å². The normalized spacial score (nSPS) is 10.9. The summed E-state index contributed by atoms with van der Waals surface area (Å²) in [5.74, 6) is -11.6. The van der Waals surface area contributed by atoms with Crippen LogP contribution in [-0.4, -0.2) is 20.9 Å². The van der Waals surface area contributed by atoms with E-state index in [0.29, 0.717) is 5.56 Å². The lowest BCUT2D eigenvalue weighted by atomic mass is 10.1. The maximum Gasteiger partial charge on any atom is 0.256 e. The van der Waals surface area contributed by atoms with Gasteiger partial charge in [0.1, 0.15) is 5.69 Å². The number of nitrogens with zero attached hydrogens (tertiary/aromatic N) is 3. The van der Waals surface area contributed by atoms with E-state index in [0.717, 1.165) is 0 Å². The van der Waals surface area contributed by atoms with Gasteiger partial charge in [-0.15, -0.1) is 15.0 Å². The van der Waals surface area contributed by atoms with E-state index in [1.165, 1.54) is 12.1 Å². The molecule has 0 atom stereocenters. The number of carbonyl (C=O) groups excluding carboxylic acids is 1. The standard InChI is InChI=1S/C21H11F5N4O/c22-13-14(23)16(25)19(17(26)15(13)24)30-28-18(11-7-3-1-4-8-11)20(29-30)27-21(31)12-9-5-2-6-10-12/h1-10H,(H,27,29,31). The largest absolute Gasteiger partial charge is 0.303 e. The molecule has 4 rings (SSSR count). The first kappa shape index (κ1) is 20.2. The van der Waals surface area contributed by atoms with E-state index in [-0.39, 0.29) is 21.9 Å². The van der Waals surface area contributed by atoms with Crippen molar-refractivity contribution in [3.05, 3.63) is 95.3 Å².